The molecule has 1 spiro atoms. The number of allylic oxidation sites excluding steroid dienone is 3. The van der Waals surface area contributed by atoms with Crippen LogP contribution in [0.15, 0.2) is 23.0 Å². The number of aliphatic hydroxyl groups excluding tert-OH is 2. The van der Waals surface area contributed by atoms with Crippen molar-refractivity contribution in [3.8, 4) is 0 Å². The predicted octanol–water partition coefficient (Wildman–Crippen LogP) is 2.44. The second-order valence-corrected chi connectivity index (χ2v) is 16.7. The van der Waals surface area contributed by atoms with Gasteiger partial charge in [-0.2, -0.15) is 0 Å². The minimum absolute atomic E-state index is 0.0496. The van der Waals surface area contributed by atoms with Crippen LogP contribution < -0.4 is 5.32 Å². The zero-order chi connectivity index (χ0) is 38.9. The lowest BCUT2D eigenvalue weighted by Gasteiger charge is -2.67. The number of esters is 4. The second kappa shape index (κ2) is 13.5. The highest BCUT2D eigenvalue weighted by Crippen LogP contribution is 2.73. The summed E-state index contributed by atoms with van der Waals surface area (Å²) in [6.45, 7) is 15.1. The predicted molar refractivity (Wildman–Crippen MR) is 179 cm³/mol. The van der Waals surface area contributed by atoms with Crippen molar-refractivity contribution >= 4 is 35.8 Å². The average molecular weight is 734 g/mol. The normalized spacial score (nSPS) is 36.8. The summed E-state index contributed by atoms with van der Waals surface area (Å²) in [4.78, 5) is 80.7. The van der Waals surface area contributed by atoms with Crippen LogP contribution in [0.2, 0.25) is 0 Å². The smallest absolute Gasteiger partial charge is 0.408 e. The summed E-state index contributed by atoms with van der Waals surface area (Å²) in [6, 6.07) is -1.14. The minimum atomic E-state index is -2.31. The van der Waals surface area contributed by atoms with Gasteiger partial charge in [0.15, 0.2) is 11.5 Å². The third-order valence-electron chi connectivity index (χ3n) is 11.3. The van der Waals surface area contributed by atoms with Gasteiger partial charge in [0.25, 0.3) is 0 Å². The number of hydrogen-bond acceptors (Lipinski definition) is 14. The molecule has 2 heterocycles. The van der Waals surface area contributed by atoms with Crippen LogP contribution in [0.3, 0.4) is 0 Å². The highest BCUT2D eigenvalue weighted by Gasteiger charge is 2.85. The SMILES string of the molecule is COC(=O)[C@@]12OC[C@]34[C@H]([C@@H](O)[C@@H]1O)[C@@]1(C)CC(=O)C(OC(=O)[C@H](CC(C)C)NC(=O)OC(C)(C)C)=C(C)[C@@H]1C[C@H]3OC(=O)[C@H](OC(=O)C=C(C)C)[C@@H]24. The number of nitrogens with one attached hydrogen (secondary N) is 1. The molecule has 2 aliphatic heterocycles. The van der Waals surface area contributed by atoms with Crippen LogP contribution in [0.25, 0.3) is 0 Å². The summed E-state index contributed by atoms with van der Waals surface area (Å²) in [5.41, 5.74) is -4.81. The van der Waals surface area contributed by atoms with Gasteiger partial charge < -0.3 is 44.0 Å². The Morgan fingerprint density at radius 3 is 2.33 bits per heavy atom. The van der Waals surface area contributed by atoms with E-state index in [9.17, 15) is 39.0 Å². The molecule has 2 saturated heterocycles. The van der Waals surface area contributed by atoms with Gasteiger partial charge >= 0.3 is 30.0 Å². The number of fused-ring (bicyclic) bond motifs is 2. The number of amides is 1. The lowest BCUT2D eigenvalue weighted by atomic mass is 9.38. The monoisotopic (exact) mass is 733 g/mol. The highest BCUT2D eigenvalue weighted by molar-refractivity contribution is 5.99. The first-order valence-electron chi connectivity index (χ1n) is 17.6. The van der Waals surface area contributed by atoms with Crippen LogP contribution in [0.4, 0.5) is 4.79 Å². The Balaban J connectivity index is 1.56. The lowest BCUT2D eigenvalue weighted by Crippen LogP contribution is -2.79. The molecule has 5 aliphatic rings. The van der Waals surface area contributed by atoms with Crippen LogP contribution in [-0.4, -0.2) is 101 Å². The van der Waals surface area contributed by atoms with E-state index in [0.717, 1.165) is 7.11 Å². The third kappa shape index (κ3) is 6.21. The third-order valence-corrected chi connectivity index (χ3v) is 11.3. The van der Waals surface area contributed by atoms with Gasteiger partial charge in [-0.15, -0.1) is 0 Å². The zero-order valence-corrected chi connectivity index (χ0v) is 31.4. The number of aliphatic hydroxyl groups is 2. The van der Waals surface area contributed by atoms with Crippen LogP contribution in [-0.2, 0) is 52.4 Å². The highest BCUT2D eigenvalue weighted by atomic mass is 16.6. The van der Waals surface area contributed by atoms with Crippen molar-refractivity contribution in [1.82, 2.24) is 5.32 Å². The molecule has 1 amide bonds. The summed E-state index contributed by atoms with van der Waals surface area (Å²) in [5.74, 6) is -7.71. The molecule has 0 aromatic carbocycles. The van der Waals surface area contributed by atoms with Gasteiger partial charge in [0.05, 0.1) is 25.7 Å². The molecular weight excluding hydrogens is 682 g/mol. The molecule has 0 radical (unpaired) electrons. The Labute approximate surface area is 302 Å². The number of methoxy groups -OCH3 is 1. The van der Waals surface area contributed by atoms with Crippen molar-refractivity contribution in [2.75, 3.05) is 13.7 Å². The Hall–Kier alpha value is -3.82. The summed E-state index contributed by atoms with van der Waals surface area (Å²) >= 11 is 0. The maximum absolute atomic E-state index is 14.1. The van der Waals surface area contributed by atoms with E-state index < -0.39 is 106 Å². The van der Waals surface area contributed by atoms with Crippen molar-refractivity contribution < 1.29 is 67.4 Å². The van der Waals surface area contributed by atoms with Crippen LogP contribution in [0, 0.1) is 34.5 Å². The molecule has 52 heavy (non-hydrogen) atoms. The van der Waals surface area contributed by atoms with Gasteiger partial charge in [-0.25, -0.2) is 24.0 Å². The summed E-state index contributed by atoms with van der Waals surface area (Å²) in [7, 11) is 1.07. The fourth-order valence-electron chi connectivity index (χ4n) is 9.69. The van der Waals surface area contributed by atoms with Crippen LogP contribution in [0.5, 0.6) is 0 Å². The number of Topliss-reactive ketones (excluding diaryl/α,β-unsaturated/α-hetero) is 1. The minimum Gasteiger partial charge on any atom is -0.467 e. The van der Waals surface area contributed by atoms with Crippen molar-refractivity contribution in [3.63, 3.8) is 0 Å². The van der Waals surface area contributed by atoms with Crippen molar-refractivity contribution in [2.45, 2.75) is 123 Å². The Kier molecular flexibility index (Phi) is 10.3. The van der Waals surface area contributed by atoms with Gasteiger partial charge in [0.2, 0.25) is 11.7 Å². The van der Waals surface area contributed by atoms with Gasteiger partial charge in [0, 0.05) is 23.8 Å². The number of carbonyl (C=O) groups is 6. The molecule has 0 aromatic heterocycles. The molecular formula is C37H51NO14. The lowest BCUT2D eigenvalue weighted by molar-refractivity contribution is -0.290. The molecule has 288 valence electrons. The van der Waals surface area contributed by atoms with E-state index in [-0.39, 0.29) is 37.5 Å². The molecule has 5 rings (SSSR count). The first-order chi connectivity index (χ1) is 24.0. The maximum Gasteiger partial charge on any atom is 0.408 e. The van der Waals surface area contributed by atoms with Crippen LogP contribution in [0.1, 0.15) is 81.6 Å². The summed E-state index contributed by atoms with van der Waals surface area (Å²) in [6.07, 6.45) is -6.14. The topological polar surface area (TPSA) is 210 Å². The van der Waals surface area contributed by atoms with Gasteiger partial charge in [-0.3, -0.25) is 4.79 Å². The fourth-order valence-corrected chi connectivity index (χ4v) is 9.69. The molecule has 15 heteroatoms. The van der Waals surface area contributed by atoms with Gasteiger partial charge in [-0.05, 0) is 77.2 Å². The maximum atomic E-state index is 14.1. The molecule has 4 fully saturated rings. The number of ketones is 1. The molecule has 2 saturated carbocycles. The fraction of sp³-hybridized carbons (Fsp3) is 0.730. The molecule has 0 unspecified atom stereocenters. The Morgan fingerprint density at radius 1 is 1.10 bits per heavy atom. The Morgan fingerprint density at radius 2 is 1.75 bits per heavy atom. The first-order valence-corrected chi connectivity index (χ1v) is 17.6. The van der Waals surface area contributed by atoms with Crippen LogP contribution >= 0.6 is 0 Å². The number of hydrogen-bond donors (Lipinski definition) is 3. The summed E-state index contributed by atoms with van der Waals surface area (Å²) < 4.78 is 34.0. The molecule has 11 atom stereocenters. The number of alkyl carbamates (subject to hydrolysis) is 1. The number of ether oxygens (including phenoxy) is 6. The molecule has 3 aliphatic carbocycles. The average Bonchev–Trinajstić information content (AvgIpc) is 3.31. The van der Waals surface area contributed by atoms with Crippen molar-refractivity contribution in [3.05, 3.63) is 23.0 Å². The summed E-state index contributed by atoms with van der Waals surface area (Å²) in [5, 5.41) is 26.4. The zero-order valence-electron chi connectivity index (χ0n) is 31.4. The standard InChI is InChI=1S/C37H51NO14/c1-16(2)11-20(38-33(46)52-34(6,7)8)30(43)51-25-18(5)19-13-22-36-15-48-37(32(45)47-10,29(42)24(41)27(36)35(19,9)14-21(25)39)28(36)26(31(44)49-22)50-23(40)12-17(3)4/h12,16,19-20,22,24,26-29,41-42H,11,13-15H2,1-10H3,(H,38,46)/t19-,20-,22+,24+,26+,27+,28+,29-,35-,36+,37-/m0/s1. The van der Waals surface area contributed by atoms with E-state index in [2.05, 4.69) is 5.32 Å². The van der Waals surface area contributed by atoms with E-state index >= 15 is 0 Å². The molecule has 0 aromatic rings. The number of carbonyl (C=O) groups excluding carboxylic acids is 6. The van der Waals surface area contributed by atoms with E-state index in [1.165, 1.54) is 6.08 Å². The second-order valence-electron chi connectivity index (χ2n) is 16.7. The van der Waals surface area contributed by atoms with E-state index in [1.54, 1.807) is 48.5 Å². The van der Waals surface area contributed by atoms with E-state index in [1.807, 2.05) is 13.8 Å². The van der Waals surface area contributed by atoms with Crippen molar-refractivity contribution in [1.29, 1.82) is 0 Å². The largest absolute Gasteiger partial charge is 0.467 e. The van der Waals surface area contributed by atoms with Gasteiger partial charge in [-0.1, -0.05) is 26.3 Å². The van der Waals surface area contributed by atoms with Crippen molar-refractivity contribution in [2.24, 2.45) is 34.5 Å². The molecule has 15 nitrogen and oxygen atoms in total. The first kappa shape index (κ1) is 39.4. The molecule has 2 bridgehead atoms. The van der Waals surface area contributed by atoms with Gasteiger partial charge in [0.1, 0.15) is 23.9 Å². The Bertz CT molecular complexity index is 1600. The quantitative estimate of drug-likeness (QED) is 0.186. The van der Waals surface area contributed by atoms with E-state index in [4.69, 9.17) is 28.4 Å². The van der Waals surface area contributed by atoms with E-state index in [0.29, 0.717) is 11.1 Å². The molecule has 3 N–H and O–H groups in total. The number of rotatable bonds is 8.